The second kappa shape index (κ2) is 7.11. The smallest absolute Gasteiger partial charge is 0.278 e. The van der Waals surface area contributed by atoms with Crippen LogP contribution in [-0.4, -0.2) is 32.8 Å². The number of thiazole rings is 1. The second-order valence-electron chi connectivity index (χ2n) is 5.87. The molecule has 7 heteroatoms. The highest BCUT2D eigenvalue weighted by Crippen LogP contribution is 2.30. The molecule has 0 N–H and O–H groups in total. The molecule has 0 atom stereocenters. The Balaban J connectivity index is 1.92. The Morgan fingerprint density at radius 1 is 1.38 bits per heavy atom. The molecule has 0 radical (unpaired) electrons. The topological polar surface area (TPSA) is 63.7 Å². The predicted molar refractivity (Wildman–Crippen MR) is 96.4 cm³/mol. The van der Waals surface area contributed by atoms with E-state index in [9.17, 15) is 10.1 Å². The first-order valence-corrected chi connectivity index (χ1v) is 8.86. The molecule has 0 amide bonds. The highest BCUT2D eigenvalue weighted by atomic mass is 32.1. The number of nitrogens with zero attached hydrogens (tertiary/aromatic N) is 4. The lowest BCUT2D eigenvalue weighted by Crippen LogP contribution is -2.19. The fraction of sp³-hybridized carbons (Fsp3) is 0.353. The van der Waals surface area contributed by atoms with Gasteiger partial charge >= 0.3 is 0 Å². The van der Waals surface area contributed by atoms with Crippen LogP contribution in [0.15, 0.2) is 35.8 Å². The molecule has 0 unspecified atom stereocenters. The third-order valence-electron chi connectivity index (χ3n) is 3.99. The van der Waals surface area contributed by atoms with Crippen LogP contribution in [-0.2, 0) is 6.54 Å². The standard InChI is InChI=1S/C17H20N4O2S/c1-3-4-9-19(2)10-13-12-24-17-18-15(11-20(13)17)14-7-5-6-8-16(14)21(22)23/h5-8,11-12H,3-4,9-10H2,1-2H3. The van der Waals surface area contributed by atoms with Gasteiger partial charge in [-0.1, -0.05) is 25.5 Å². The minimum atomic E-state index is -0.359. The number of hydrogen-bond acceptors (Lipinski definition) is 5. The van der Waals surface area contributed by atoms with E-state index in [1.807, 2.05) is 10.6 Å². The van der Waals surface area contributed by atoms with Crippen LogP contribution < -0.4 is 0 Å². The molecule has 0 aliphatic rings. The molecular weight excluding hydrogens is 324 g/mol. The van der Waals surface area contributed by atoms with Crippen molar-refractivity contribution >= 4 is 22.0 Å². The van der Waals surface area contributed by atoms with Crippen molar-refractivity contribution in [3.63, 3.8) is 0 Å². The summed E-state index contributed by atoms with van der Waals surface area (Å²) >= 11 is 1.56. The number of rotatable bonds is 7. The number of aromatic nitrogens is 2. The van der Waals surface area contributed by atoms with E-state index < -0.39 is 0 Å². The van der Waals surface area contributed by atoms with Crippen LogP contribution in [0.25, 0.3) is 16.2 Å². The van der Waals surface area contributed by atoms with Crippen molar-refractivity contribution in [1.82, 2.24) is 14.3 Å². The molecule has 0 spiro atoms. The number of unbranched alkanes of at least 4 members (excludes halogenated alkanes) is 1. The minimum Gasteiger partial charge on any atom is -0.301 e. The first kappa shape index (κ1) is 16.6. The van der Waals surface area contributed by atoms with Gasteiger partial charge < -0.3 is 4.90 Å². The average molecular weight is 344 g/mol. The Labute approximate surface area is 144 Å². The number of benzene rings is 1. The molecule has 0 saturated carbocycles. The summed E-state index contributed by atoms with van der Waals surface area (Å²) in [7, 11) is 2.11. The molecule has 0 aliphatic heterocycles. The summed E-state index contributed by atoms with van der Waals surface area (Å²) in [5, 5.41) is 13.3. The second-order valence-corrected chi connectivity index (χ2v) is 6.71. The first-order valence-electron chi connectivity index (χ1n) is 7.98. The molecule has 3 rings (SSSR count). The monoisotopic (exact) mass is 344 g/mol. The Morgan fingerprint density at radius 2 is 2.17 bits per heavy atom. The van der Waals surface area contributed by atoms with Crippen molar-refractivity contribution in [1.29, 1.82) is 0 Å². The Kier molecular flexibility index (Phi) is 4.92. The van der Waals surface area contributed by atoms with Gasteiger partial charge in [-0.15, -0.1) is 11.3 Å². The number of nitro benzene ring substituents is 1. The summed E-state index contributed by atoms with van der Waals surface area (Å²) in [6.07, 6.45) is 4.25. The van der Waals surface area contributed by atoms with Gasteiger partial charge in [0.15, 0.2) is 4.96 Å². The van der Waals surface area contributed by atoms with Crippen molar-refractivity contribution < 1.29 is 4.92 Å². The van der Waals surface area contributed by atoms with E-state index in [1.54, 1.807) is 29.5 Å². The number of fused-ring (bicyclic) bond motifs is 1. The number of para-hydroxylation sites is 1. The van der Waals surface area contributed by atoms with Gasteiger partial charge in [0.2, 0.25) is 0 Å². The van der Waals surface area contributed by atoms with Gasteiger partial charge in [-0.2, -0.15) is 0 Å². The Hall–Kier alpha value is -2.25. The maximum absolute atomic E-state index is 11.2. The zero-order valence-electron chi connectivity index (χ0n) is 13.8. The predicted octanol–water partition coefficient (Wildman–Crippen LogP) is 4.20. The van der Waals surface area contributed by atoms with Gasteiger partial charge in [-0.3, -0.25) is 14.5 Å². The summed E-state index contributed by atoms with van der Waals surface area (Å²) in [6, 6.07) is 6.74. The van der Waals surface area contributed by atoms with Crippen LogP contribution in [0.3, 0.4) is 0 Å². The van der Waals surface area contributed by atoms with Crippen molar-refractivity contribution in [2.24, 2.45) is 0 Å². The van der Waals surface area contributed by atoms with Gasteiger partial charge in [-0.05, 0) is 26.1 Å². The van der Waals surface area contributed by atoms with Crippen LogP contribution in [0.4, 0.5) is 5.69 Å². The Morgan fingerprint density at radius 3 is 2.92 bits per heavy atom. The maximum Gasteiger partial charge on any atom is 0.278 e. The van der Waals surface area contributed by atoms with Crippen molar-refractivity contribution in [3.05, 3.63) is 51.7 Å². The fourth-order valence-corrected chi connectivity index (χ4v) is 3.57. The van der Waals surface area contributed by atoms with E-state index in [2.05, 4.69) is 29.2 Å². The summed E-state index contributed by atoms with van der Waals surface area (Å²) < 4.78 is 2.04. The number of hydrogen-bond donors (Lipinski definition) is 0. The number of nitro groups is 1. The summed E-state index contributed by atoms with van der Waals surface area (Å²) in [5.74, 6) is 0. The molecule has 0 bridgehead atoms. The summed E-state index contributed by atoms with van der Waals surface area (Å²) in [6.45, 7) is 4.08. The van der Waals surface area contributed by atoms with Crippen LogP contribution >= 0.6 is 11.3 Å². The van der Waals surface area contributed by atoms with Crippen molar-refractivity contribution in [3.8, 4) is 11.3 Å². The lowest BCUT2D eigenvalue weighted by molar-refractivity contribution is -0.384. The van der Waals surface area contributed by atoms with Crippen LogP contribution in [0.1, 0.15) is 25.5 Å². The van der Waals surface area contributed by atoms with Crippen molar-refractivity contribution in [2.45, 2.75) is 26.3 Å². The molecule has 2 aromatic heterocycles. The lowest BCUT2D eigenvalue weighted by atomic mass is 10.1. The number of imidazole rings is 1. The maximum atomic E-state index is 11.2. The first-order chi connectivity index (χ1) is 11.6. The molecule has 2 heterocycles. The van der Waals surface area contributed by atoms with E-state index in [0.29, 0.717) is 11.3 Å². The largest absolute Gasteiger partial charge is 0.301 e. The van der Waals surface area contributed by atoms with E-state index in [4.69, 9.17) is 0 Å². The molecular formula is C17H20N4O2S. The quantitative estimate of drug-likeness (QED) is 0.476. The minimum absolute atomic E-state index is 0.0878. The molecule has 0 saturated heterocycles. The highest BCUT2D eigenvalue weighted by molar-refractivity contribution is 7.15. The molecule has 6 nitrogen and oxygen atoms in total. The highest BCUT2D eigenvalue weighted by Gasteiger charge is 2.18. The summed E-state index contributed by atoms with van der Waals surface area (Å²) in [4.78, 5) is 18.6. The zero-order valence-corrected chi connectivity index (χ0v) is 14.6. The Bertz CT molecular complexity index is 855. The van der Waals surface area contributed by atoms with Crippen LogP contribution in [0, 0.1) is 10.1 Å². The SMILES string of the molecule is CCCCN(C)Cc1csc2nc(-c3ccccc3[N+](=O)[O-])cn12. The molecule has 3 aromatic rings. The van der Waals surface area contributed by atoms with E-state index in [-0.39, 0.29) is 10.6 Å². The molecule has 24 heavy (non-hydrogen) atoms. The fourth-order valence-electron chi connectivity index (χ4n) is 2.71. The normalized spacial score (nSPS) is 11.5. The molecule has 126 valence electrons. The van der Waals surface area contributed by atoms with Gasteiger partial charge in [-0.25, -0.2) is 4.98 Å². The van der Waals surface area contributed by atoms with Crippen LogP contribution in [0.5, 0.6) is 0 Å². The lowest BCUT2D eigenvalue weighted by Gasteiger charge is -2.15. The van der Waals surface area contributed by atoms with Crippen molar-refractivity contribution in [2.75, 3.05) is 13.6 Å². The third kappa shape index (κ3) is 3.32. The van der Waals surface area contributed by atoms with E-state index >= 15 is 0 Å². The summed E-state index contributed by atoms with van der Waals surface area (Å²) in [5.41, 5.74) is 2.45. The van der Waals surface area contributed by atoms with E-state index in [1.165, 1.54) is 18.9 Å². The molecule has 1 aromatic carbocycles. The third-order valence-corrected chi connectivity index (χ3v) is 4.87. The zero-order chi connectivity index (χ0) is 17.1. The van der Waals surface area contributed by atoms with Gasteiger partial charge in [0, 0.05) is 29.9 Å². The van der Waals surface area contributed by atoms with Gasteiger partial charge in [0.05, 0.1) is 16.2 Å². The molecule has 0 aliphatic carbocycles. The van der Waals surface area contributed by atoms with Gasteiger partial charge in [0.25, 0.3) is 5.69 Å². The van der Waals surface area contributed by atoms with Crippen LogP contribution in [0.2, 0.25) is 0 Å². The van der Waals surface area contributed by atoms with E-state index in [0.717, 1.165) is 23.7 Å². The molecule has 0 fully saturated rings. The average Bonchev–Trinajstić information content (AvgIpc) is 3.15. The van der Waals surface area contributed by atoms with Gasteiger partial charge in [0.1, 0.15) is 0 Å².